The zero-order valence-corrected chi connectivity index (χ0v) is 12.9. The molecule has 3 aliphatic heterocycles. The first-order chi connectivity index (χ1) is 10.2. The maximum Gasteiger partial charge on any atom is 0.312 e. The molecular formula is C15H26N4O2. The van der Waals surface area contributed by atoms with Crippen molar-refractivity contribution in [1.82, 2.24) is 20.0 Å². The van der Waals surface area contributed by atoms with Crippen LogP contribution in [0.1, 0.15) is 25.7 Å². The molecule has 0 bridgehead atoms. The summed E-state index contributed by atoms with van der Waals surface area (Å²) in [5.74, 6) is -0.601. The van der Waals surface area contributed by atoms with Gasteiger partial charge in [-0.05, 0) is 32.9 Å². The van der Waals surface area contributed by atoms with Crippen LogP contribution in [0.4, 0.5) is 0 Å². The third-order valence-electron chi connectivity index (χ3n) is 5.17. The lowest BCUT2D eigenvalue weighted by molar-refractivity contribution is -0.159. The van der Waals surface area contributed by atoms with Crippen molar-refractivity contribution in [3.63, 3.8) is 0 Å². The predicted molar refractivity (Wildman–Crippen MR) is 79.8 cm³/mol. The molecule has 0 aliphatic carbocycles. The summed E-state index contributed by atoms with van der Waals surface area (Å²) in [6.07, 6.45) is 4.75. The predicted octanol–water partition coefficient (Wildman–Crippen LogP) is -0.497. The molecule has 6 heteroatoms. The Kier molecular flexibility index (Phi) is 4.45. The largest absolute Gasteiger partial charge is 0.332 e. The Balaban J connectivity index is 1.57. The summed E-state index contributed by atoms with van der Waals surface area (Å²) in [6.45, 7) is 4.81. The summed E-state index contributed by atoms with van der Waals surface area (Å²) in [5, 5.41) is 3.31. The first-order valence-electron chi connectivity index (χ1n) is 8.17. The fraction of sp³-hybridized carbons (Fsp3) is 0.867. The molecular weight excluding hydrogens is 268 g/mol. The fourth-order valence-corrected chi connectivity index (χ4v) is 3.79. The lowest BCUT2D eigenvalue weighted by Crippen LogP contribution is -2.65. The normalized spacial score (nSPS) is 31.5. The van der Waals surface area contributed by atoms with Gasteiger partial charge in [-0.2, -0.15) is 0 Å². The smallest absolute Gasteiger partial charge is 0.312 e. The van der Waals surface area contributed by atoms with Gasteiger partial charge in [0, 0.05) is 38.8 Å². The second kappa shape index (κ2) is 6.32. The van der Waals surface area contributed by atoms with Crippen molar-refractivity contribution in [3.05, 3.63) is 0 Å². The van der Waals surface area contributed by atoms with Gasteiger partial charge < -0.3 is 20.0 Å². The number of nitrogens with zero attached hydrogens (tertiary/aromatic N) is 3. The van der Waals surface area contributed by atoms with Crippen LogP contribution in [0.2, 0.25) is 0 Å². The number of fused-ring (bicyclic) bond motifs is 1. The van der Waals surface area contributed by atoms with Crippen molar-refractivity contribution in [2.24, 2.45) is 0 Å². The molecule has 0 radical (unpaired) electrons. The molecule has 21 heavy (non-hydrogen) atoms. The zero-order valence-electron chi connectivity index (χ0n) is 12.9. The SMILES string of the molecule is CN1CCCCC1CCN1CC2CNCCN2C(=O)C1=O. The number of hydrogen-bond donors (Lipinski definition) is 1. The van der Waals surface area contributed by atoms with Crippen molar-refractivity contribution < 1.29 is 9.59 Å². The number of rotatable bonds is 3. The molecule has 1 N–H and O–H groups in total. The highest BCUT2D eigenvalue weighted by Gasteiger charge is 2.40. The van der Waals surface area contributed by atoms with Crippen molar-refractivity contribution in [1.29, 1.82) is 0 Å². The van der Waals surface area contributed by atoms with Gasteiger partial charge in [0.15, 0.2) is 0 Å². The van der Waals surface area contributed by atoms with Gasteiger partial charge in [-0.15, -0.1) is 0 Å². The van der Waals surface area contributed by atoms with Gasteiger partial charge in [-0.3, -0.25) is 9.59 Å². The van der Waals surface area contributed by atoms with E-state index in [9.17, 15) is 9.59 Å². The molecule has 2 unspecified atom stereocenters. The Bertz CT molecular complexity index is 414. The highest BCUT2D eigenvalue weighted by molar-refractivity contribution is 6.35. The average molecular weight is 294 g/mol. The van der Waals surface area contributed by atoms with Gasteiger partial charge in [0.05, 0.1) is 6.04 Å². The maximum absolute atomic E-state index is 12.2. The molecule has 0 aromatic heterocycles. The van der Waals surface area contributed by atoms with E-state index < -0.39 is 0 Å². The van der Waals surface area contributed by atoms with Crippen molar-refractivity contribution in [2.75, 3.05) is 46.3 Å². The van der Waals surface area contributed by atoms with E-state index in [0.717, 1.165) is 26.1 Å². The lowest BCUT2D eigenvalue weighted by Gasteiger charge is -2.44. The van der Waals surface area contributed by atoms with Crippen LogP contribution >= 0.6 is 0 Å². The molecule has 3 heterocycles. The van der Waals surface area contributed by atoms with Gasteiger partial charge >= 0.3 is 11.8 Å². The van der Waals surface area contributed by atoms with Crippen LogP contribution in [0.15, 0.2) is 0 Å². The molecule has 3 saturated heterocycles. The minimum Gasteiger partial charge on any atom is -0.332 e. The van der Waals surface area contributed by atoms with E-state index in [-0.39, 0.29) is 17.9 Å². The van der Waals surface area contributed by atoms with Crippen LogP contribution in [-0.4, -0.2) is 84.9 Å². The second-order valence-corrected chi connectivity index (χ2v) is 6.53. The van der Waals surface area contributed by atoms with Gasteiger partial charge in [-0.25, -0.2) is 0 Å². The summed E-state index contributed by atoms with van der Waals surface area (Å²) in [5.41, 5.74) is 0. The third-order valence-corrected chi connectivity index (χ3v) is 5.17. The summed E-state index contributed by atoms with van der Waals surface area (Å²) in [4.78, 5) is 30.3. The summed E-state index contributed by atoms with van der Waals surface area (Å²) >= 11 is 0. The highest BCUT2D eigenvalue weighted by Crippen LogP contribution is 2.20. The van der Waals surface area contributed by atoms with E-state index in [4.69, 9.17) is 0 Å². The number of carbonyl (C=O) groups is 2. The topological polar surface area (TPSA) is 55.9 Å². The van der Waals surface area contributed by atoms with Crippen LogP contribution in [-0.2, 0) is 9.59 Å². The van der Waals surface area contributed by atoms with Gasteiger partial charge in [0.2, 0.25) is 0 Å². The van der Waals surface area contributed by atoms with Crippen LogP contribution < -0.4 is 5.32 Å². The molecule has 0 aromatic carbocycles. The number of amides is 2. The first-order valence-corrected chi connectivity index (χ1v) is 8.17. The lowest BCUT2D eigenvalue weighted by atomic mass is 9.99. The van der Waals surface area contributed by atoms with Gasteiger partial charge in [0.1, 0.15) is 0 Å². The Morgan fingerprint density at radius 2 is 2.05 bits per heavy atom. The molecule has 6 nitrogen and oxygen atoms in total. The molecule has 0 saturated carbocycles. The monoisotopic (exact) mass is 294 g/mol. The fourth-order valence-electron chi connectivity index (χ4n) is 3.79. The molecule has 2 atom stereocenters. The number of piperidine rings is 1. The van der Waals surface area contributed by atoms with Crippen LogP contribution in [0.5, 0.6) is 0 Å². The number of piperazine rings is 2. The Hall–Kier alpha value is -1.14. The van der Waals surface area contributed by atoms with E-state index >= 15 is 0 Å². The van der Waals surface area contributed by atoms with Gasteiger partial charge in [0.25, 0.3) is 0 Å². The average Bonchev–Trinajstić information content (AvgIpc) is 2.51. The van der Waals surface area contributed by atoms with Gasteiger partial charge in [-0.1, -0.05) is 6.42 Å². The summed E-state index contributed by atoms with van der Waals surface area (Å²) in [6, 6.07) is 0.720. The molecule has 0 spiro atoms. The van der Waals surface area contributed by atoms with Crippen LogP contribution in [0.25, 0.3) is 0 Å². The number of likely N-dealkylation sites (tertiary alicyclic amines) is 1. The highest BCUT2D eigenvalue weighted by atomic mass is 16.2. The Morgan fingerprint density at radius 3 is 2.86 bits per heavy atom. The van der Waals surface area contributed by atoms with E-state index in [2.05, 4.69) is 17.3 Å². The molecule has 118 valence electrons. The molecule has 2 amide bonds. The quantitative estimate of drug-likeness (QED) is 0.713. The van der Waals surface area contributed by atoms with Crippen molar-refractivity contribution in [2.45, 2.75) is 37.8 Å². The number of nitrogens with one attached hydrogen (secondary N) is 1. The van der Waals surface area contributed by atoms with E-state index in [1.54, 1.807) is 9.80 Å². The summed E-state index contributed by atoms with van der Waals surface area (Å²) in [7, 11) is 2.17. The molecule has 3 aliphatic rings. The van der Waals surface area contributed by atoms with Crippen LogP contribution in [0, 0.1) is 0 Å². The van der Waals surface area contributed by atoms with E-state index in [0.29, 0.717) is 25.7 Å². The van der Waals surface area contributed by atoms with Crippen molar-refractivity contribution in [3.8, 4) is 0 Å². The minimum absolute atomic E-state index is 0.160. The van der Waals surface area contributed by atoms with Crippen molar-refractivity contribution >= 4 is 11.8 Å². The van der Waals surface area contributed by atoms with E-state index in [1.807, 2.05) is 0 Å². The number of hydrogen-bond acceptors (Lipinski definition) is 4. The third kappa shape index (κ3) is 3.06. The second-order valence-electron chi connectivity index (χ2n) is 6.53. The standard InChI is InChI=1S/C15H26N4O2/c1-17-7-3-2-4-12(17)5-8-18-11-13-10-16-6-9-19(13)15(21)14(18)20/h12-13,16H,2-11H2,1H3. The Morgan fingerprint density at radius 1 is 1.19 bits per heavy atom. The van der Waals surface area contributed by atoms with Crippen LogP contribution in [0.3, 0.4) is 0 Å². The Labute approximate surface area is 126 Å². The molecule has 3 rings (SSSR count). The zero-order chi connectivity index (χ0) is 14.8. The maximum atomic E-state index is 12.2. The molecule has 0 aromatic rings. The minimum atomic E-state index is -0.301. The summed E-state index contributed by atoms with van der Waals surface area (Å²) < 4.78 is 0. The molecule has 3 fully saturated rings. The first kappa shape index (κ1) is 14.8. The van der Waals surface area contributed by atoms with E-state index in [1.165, 1.54) is 19.3 Å². The number of carbonyl (C=O) groups excluding carboxylic acids is 2.